The fourth-order valence-electron chi connectivity index (χ4n) is 7.88. The Kier molecular flexibility index (Phi) is 8.02. The van der Waals surface area contributed by atoms with Crippen molar-refractivity contribution in [1.82, 2.24) is 0 Å². The van der Waals surface area contributed by atoms with Crippen LogP contribution in [0, 0.1) is 46.8 Å². The van der Waals surface area contributed by atoms with Gasteiger partial charge in [0.25, 0.3) is 0 Å². The molecule has 1 aromatic carbocycles. The number of ketones is 1. The van der Waals surface area contributed by atoms with Crippen LogP contribution in [0.3, 0.4) is 0 Å². The molecule has 1 N–H and O–H groups in total. The van der Waals surface area contributed by atoms with Crippen LogP contribution in [0.4, 0.5) is 5.69 Å². The molecule has 3 nitrogen and oxygen atoms in total. The highest BCUT2D eigenvalue weighted by Crippen LogP contribution is 2.65. The van der Waals surface area contributed by atoms with Crippen molar-refractivity contribution in [1.29, 1.82) is 0 Å². The zero-order chi connectivity index (χ0) is 27.1. The van der Waals surface area contributed by atoms with E-state index in [1.54, 1.807) is 0 Å². The van der Waals surface area contributed by atoms with Gasteiger partial charge in [-0.3, -0.25) is 4.79 Å². The van der Waals surface area contributed by atoms with E-state index in [2.05, 4.69) is 62.9 Å². The SMILES string of the molecule is C#CC(C)(C)C.CC(C)N(C)c1ccc(C2CC3(C)C(O)CCC3C3CCC4=CC(=O)CCC4C23)cc1. The molecule has 7 atom stereocenters. The molecule has 0 aromatic heterocycles. The van der Waals surface area contributed by atoms with Crippen LogP contribution in [0.15, 0.2) is 35.9 Å². The number of carbonyl (C=O) groups is 1. The second-order valence-electron chi connectivity index (χ2n) is 13.8. The number of terminal acetylenes is 1. The van der Waals surface area contributed by atoms with Gasteiger partial charge in [0.05, 0.1) is 6.10 Å². The number of anilines is 1. The Morgan fingerprint density at radius 2 is 1.70 bits per heavy atom. The molecular weight excluding hydrogens is 454 g/mol. The maximum absolute atomic E-state index is 12.1. The number of nitrogens with zero attached hydrogens (tertiary/aromatic N) is 1. The number of rotatable bonds is 3. The molecular formula is C34H49NO2. The minimum atomic E-state index is -0.169. The van der Waals surface area contributed by atoms with Gasteiger partial charge in [-0.25, -0.2) is 0 Å². The highest BCUT2D eigenvalue weighted by molar-refractivity contribution is 5.91. The standard InChI is InChI=1S/C28H39NO2.C6H10/c1-17(2)29(4)20-8-5-18(6-9-20)24-16-28(3)25(13-14-26(28)31)23-11-7-19-15-21(30)10-12-22(19)27(23)24;1-5-6(2,3)4/h5-6,8-9,15,17,22-27,31H,7,10-14,16H2,1-4H3;1H,2-4H3. The van der Waals surface area contributed by atoms with E-state index in [1.807, 2.05) is 26.8 Å². The molecule has 0 saturated heterocycles. The van der Waals surface area contributed by atoms with Crippen LogP contribution in [0.2, 0.25) is 0 Å². The molecule has 7 unspecified atom stereocenters. The van der Waals surface area contributed by atoms with Gasteiger partial charge in [-0.05, 0) is 132 Å². The van der Waals surface area contributed by atoms with Crippen LogP contribution < -0.4 is 4.90 Å². The Morgan fingerprint density at radius 1 is 1.05 bits per heavy atom. The van der Waals surface area contributed by atoms with Crippen LogP contribution in [0.1, 0.15) is 98.0 Å². The molecule has 37 heavy (non-hydrogen) atoms. The Labute approximate surface area is 226 Å². The highest BCUT2D eigenvalue weighted by atomic mass is 16.3. The van der Waals surface area contributed by atoms with Gasteiger partial charge in [-0.2, -0.15) is 0 Å². The monoisotopic (exact) mass is 503 g/mol. The quantitative estimate of drug-likeness (QED) is 0.437. The predicted molar refractivity (Wildman–Crippen MR) is 154 cm³/mol. The lowest BCUT2D eigenvalue weighted by molar-refractivity contribution is -0.116. The summed E-state index contributed by atoms with van der Waals surface area (Å²) in [6.45, 7) is 12.8. The molecule has 3 heteroatoms. The molecule has 202 valence electrons. The van der Waals surface area contributed by atoms with Crippen LogP contribution in [-0.2, 0) is 4.79 Å². The first kappa shape index (κ1) is 28.0. The molecule has 3 saturated carbocycles. The van der Waals surface area contributed by atoms with E-state index in [0.29, 0.717) is 47.8 Å². The number of fused-ring (bicyclic) bond motifs is 5. The predicted octanol–water partition coefficient (Wildman–Crippen LogP) is 7.39. The largest absolute Gasteiger partial charge is 0.393 e. The average Bonchev–Trinajstić information content (AvgIpc) is 3.16. The third kappa shape index (κ3) is 5.56. The summed E-state index contributed by atoms with van der Waals surface area (Å²) < 4.78 is 0. The Balaban J connectivity index is 0.000000480. The van der Waals surface area contributed by atoms with Crippen molar-refractivity contribution in [2.24, 2.45) is 34.5 Å². The second-order valence-corrected chi connectivity index (χ2v) is 13.8. The van der Waals surface area contributed by atoms with Crippen molar-refractivity contribution in [3.8, 4) is 12.3 Å². The lowest BCUT2D eigenvalue weighted by Gasteiger charge is -2.57. The molecule has 3 fully saturated rings. The fourth-order valence-corrected chi connectivity index (χ4v) is 7.88. The fraction of sp³-hybridized carbons (Fsp3) is 0.676. The number of hydrogen-bond acceptors (Lipinski definition) is 3. The van der Waals surface area contributed by atoms with Gasteiger partial charge in [0, 0.05) is 30.6 Å². The van der Waals surface area contributed by atoms with Crippen molar-refractivity contribution >= 4 is 11.5 Å². The van der Waals surface area contributed by atoms with E-state index >= 15 is 0 Å². The van der Waals surface area contributed by atoms with E-state index in [4.69, 9.17) is 6.42 Å². The number of carbonyl (C=O) groups excluding carboxylic acids is 1. The Bertz CT molecular complexity index is 1040. The van der Waals surface area contributed by atoms with Crippen molar-refractivity contribution in [2.75, 3.05) is 11.9 Å². The summed E-state index contributed by atoms with van der Waals surface area (Å²) in [7, 11) is 2.16. The second kappa shape index (κ2) is 10.6. The molecule has 0 heterocycles. The van der Waals surface area contributed by atoms with Gasteiger partial charge in [0.1, 0.15) is 0 Å². The average molecular weight is 504 g/mol. The third-order valence-electron chi connectivity index (χ3n) is 10.2. The summed E-state index contributed by atoms with van der Waals surface area (Å²) >= 11 is 0. The van der Waals surface area contributed by atoms with Gasteiger partial charge in [-0.15, -0.1) is 12.3 Å². The van der Waals surface area contributed by atoms with E-state index in [0.717, 1.165) is 25.7 Å². The number of hydrogen-bond donors (Lipinski definition) is 1. The van der Waals surface area contributed by atoms with E-state index in [9.17, 15) is 9.90 Å². The topological polar surface area (TPSA) is 40.5 Å². The number of benzene rings is 1. The van der Waals surface area contributed by atoms with Crippen LogP contribution >= 0.6 is 0 Å². The summed E-state index contributed by atoms with van der Waals surface area (Å²) in [4.78, 5) is 14.5. The van der Waals surface area contributed by atoms with Crippen molar-refractivity contribution in [2.45, 2.75) is 105 Å². The van der Waals surface area contributed by atoms with E-state index in [1.165, 1.54) is 29.7 Å². The molecule has 4 aliphatic carbocycles. The van der Waals surface area contributed by atoms with Crippen LogP contribution in [0.25, 0.3) is 0 Å². The lowest BCUT2D eigenvalue weighted by Crippen LogP contribution is -2.50. The minimum absolute atomic E-state index is 0.0327. The highest BCUT2D eigenvalue weighted by Gasteiger charge is 2.59. The first-order valence-electron chi connectivity index (χ1n) is 14.6. The Morgan fingerprint density at radius 3 is 2.30 bits per heavy atom. The number of aliphatic hydroxyl groups is 1. The van der Waals surface area contributed by atoms with Gasteiger partial charge >= 0.3 is 0 Å². The summed E-state index contributed by atoms with van der Waals surface area (Å²) in [5.74, 6) is 5.89. The van der Waals surface area contributed by atoms with Crippen molar-refractivity contribution in [3.63, 3.8) is 0 Å². The summed E-state index contributed by atoms with van der Waals surface area (Å²) in [5.41, 5.74) is 4.24. The van der Waals surface area contributed by atoms with E-state index in [-0.39, 0.29) is 16.9 Å². The summed E-state index contributed by atoms with van der Waals surface area (Å²) in [6, 6.07) is 9.76. The number of aliphatic hydroxyl groups excluding tert-OH is 1. The molecule has 1 aromatic rings. The van der Waals surface area contributed by atoms with Gasteiger partial charge < -0.3 is 10.0 Å². The van der Waals surface area contributed by atoms with Crippen LogP contribution in [-0.4, -0.2) is 30.1 Å². The first-order valence-corrected chi connectivity index (χ1v) is 14.6. The van der Waals surface area contributed by atoms with Gasteiger partial charge in [0.2, 0.25) is 0 Å². The normalized spacial score (nSPS) is 34.8. The molecule has 4 aliphatic rings. The first-order chi connectivity index (χ1) is 17.4. The number of allylic oxidation sites excluding steroid dienone is 1. The Hall–Kier alpha value is -2.05. The summed E-state index contributed by atoms with van der Waals surface area (Å²) in [5, 5.41) is 11.0. The molecule has 0 spiro atoms. The minimum Gasteiger partial charge on any atom is -0.393 e. The van der Waals surface area contributed by atoms with Crippen LogP contribution in [0.5, 0.6) is 0 Å². The third-order valence-corrected chi connectivity index (χ3v) is 10.2. The molecule has 0 bridgehead atoms. The van der Waals surface area contributed by atoms with Gasteiger partial charge in [0.15, 0.2) is 5.78 Å². The van der Waals surface area contributed by atoms with Gasteiger partial charge in [-0.1, -0.05) is 24.6 Å². The zero-order valence-electron chi connectivity index (χ0n) is 24.3. The van der Waals surface area contributed by atoms with E-state index < -0.39 is 0 Å². The van der Waals surface area contributed by atoms with Crippen molar-refractivity contribution < 1.29 is 9.90 Å². The molecule has 0 amide bonds. The summed E-state index contributed by atoms with van der Waals surface area (Å²) in [6.07, 6.45) is 14.1. The molecule has 5 rings (SSSR count). The smallest absolute Gasteiger partial charge is 0.155 e. The maximum atomic E-state index is 12.1. The molecule has 0 aliphatic heterocycles. The zero-order valence-corrected chi connectivity index (χ0v) is 24.3. The maximum Gasteiger partial charge on any atom is 0.155 e. The lowest BCUT2D eigenvalue weighted by atomic mass is 9.48. The molecule has 0 radical (unpaired) electrons. The van der Waals surface area contributed by atoms with Crippen molar-refractivity contribution in [3.05, 3.63) is 41.5 Å².